The summed E-state index contributed by atoms with van der Waals surface area (Å²) in [5, 5.41) is 0. The van der Waals surface area contributed by atoms with Gasteiger partial charge in [-0.15, -0.1) is 0 Å². The third-order valence-electron chi connectivity index (χ3n) is 3.98. The molecular formula is C10H18N2O. The van der Waals surface area contributed by atoms with Gasteiger partial charge in [-0.3, -0.25) is 4.90 Å². The molecule has 2 heterocycles. The Bertz CT molecular complexity index is 205. The third-order valence-corrected chi connectivity index (χ3v) is 3.98. The van der Waals surface area contributed by atoms with Crippen LogP contribution in [0.4, 0.5) is 0 Å². The summed E-state index contributed by atoms with van der Waals surface area (Å²) in [6.45, 7) is 1.73. The van der Waals surface area contributed by atoms with Crippen molar-refractivity contribution in [1.29, 1.82) is 0 Å². The van der Waals surface area contributed by atoms with Gasteiger partial charge in [0.2, 0.25) is 0 Å². The molecule has 0 amide bonds. The second kappa shape index (κ2) is 2.94. The summed E-state index contributed by atoms with van der Waals surface area (Å²) in [6, 6.07) is 2.07. The summed E-state index contributed by atoms with van der Waals surface area (Å²) >= 11 is 0. The van der Waals surface area contributed by atoms with E-state index in [4.69, 9.17) is 10.5 Å². The highest BCUT2D eigenvalue weighted by Crippen LogP contribution is 2.39. The molecule has 0 spiro atoms. The predicted molar refractivity (Wildman–Crippen MR) is 50.5 cm³/mol. The van der Waals surface area contributed by atoms with Crippen LogP contribution in [0.15, 0.2) is 0 Å². The monoisotopic (exact) mass is 182 g/mol. The number of morpholine rings is 1. The lowest BCUT2D eigenvalue weighted by Gasteiger charge is -2.44. The fourth-order valence-corrected chi connectivity index (χ4v) is 3.10. The SMILES string of the molecule is NCC1C2CC(CO2)N1C1CCC1. The summed E-state index contributed by atoms with van der Waals surface area (Å²) in [6.07, 6.45) is 5.88. The summed E-state index contributed by atoms with van der Waals surface area (Å²) < 4.78 is 5.68. The average Bonchev–Trinajstić information content (AvgIpc) is 2.60. The Balaban J connectivity index is 1.77. The van der Waals surface area contributed by atoms with E-state index < -0.39 is 0 Å². The highest BCUT2D eigenvalue weighted by molar-refractivity contribution is 5.03. The van der Waals surface area contributed by atoms with Crippen LogP contribution in [0.3, 0.4) is 0 Å². The van der Waals surface area contributed by atoms with Gasteiger partial charge < -0.3 is 10.5 Å². The zero-order chi connectivity index (χ0) is 8.84. The van der Waals surface area contributed by atoms with Gasteiger partial charge in [-0.2, -0.15) is 0 Å². The minimum Gasteiger partial charge on any atom is -0.375 e. The van der Waals surface area contributed by atoms with E-state index in [1.54, 1.807) is 0 Å². The van der Waals surface area contributed by atoms with Crippen LogP contribution in [0.5, 0.6) is 0 Å². The second-order valence-corrected chi connectivity index (χ2v) is 4.60. The number of hydrogen-bond acceptors (Lipinski definition) is 3. The van der Waals surface area contributed by atoms with Crippen molar-refractivity contribution in [2.75, 3.05) is 13.2 Å². The number of fused-ring (bicyclic) bond motifs is 2. The van der Waals surface area contributed by atoms with Gasteiger partial charge in [0.25, 0.3) is 0 Å². The number of hydrogen-bond donors (Lipinski definition) is 1. The van der Waals surface area contributed by atoms with E-state index in [-0.39, 0.29) is 0 Å². The molecule has 1 aliphatic carbocycles. The Morgan fingerprint density at radius 2 is 2.15 bits per heavy atom. The van der Waals surface area contributed by atoms with Gasteiger partial charge in [-0.05, 0) is 19.3 Å². The van der Waals surface area contributed by atoms with Gasteiger partial charge in [-0.25, -0.2) is 0 Å². The van der Waals surface area contributed by atoms with E-state index >= 15 is 0 Å². The molecule has 3 heteroatoms. The lowest BCUT2D eigenvalue weighted by molar-refractivity contribution is -0.0462. The Morgan fingerprint density at radius 1 is 1.31 bits per heavy atom. The van der Waals surface area contributed by atoms with E-state index in [9.17, 15) is 0 Å². The Labute approximate surface area is 79.2 Å². The van der Waals surface area contributed by atoms with Crippen LogP contribution >= 0.6 is 0 Å². The van der Waals surface area contributed by atoms with Crippen LogP contribution in [0, 0.1) is 0 Å². The second-order valence-electron chi connectivity index (χ2n) is 4.60. The smallest absolute Gasteiger partial charge is 0.0759 e. The summed E-state index contributed by atoms with van der Waals surface area (Å²) in [7, 11) is 0. The fraction of sp³-hybridized carbons (Fsp3) is 1.00. The molecule has 3 rings (SSSR count). The van der Waals surface area contributed by atoms with Crippen molar-refractivity contribution in [2.24, 2.45) is 5.73 Å². The molecule has 0 aromatic carbocycles. The zero-order valence-electron chi connectivity index (χ0n) is 7.98. The van der Waals surface area contributed by atoms with Gasteiger partial charge in [0.1, 0.15) is 0 Å². The molecule has 13 heavy (non-hydrogen) atoms. The van der Waals surface area contributed by atoms with Crippen LogP contribution in [-0.4, -0.2) is 42.3 Å². The van der Waals surface area contributed by atoms with Gasteiger partial charge >= 0.3 is 0 Å². The third kappa shape index (κ3) is 1.07. The molecule has 2 bridgehead atoms. The molecule has 0 aromatic rings. The largest absolute Gasteiger partial charge is 0.375 e. The van der Waals surface area contributed by atoms with Crippen LogP contribution in [-0.2, 0) is 4.74 Å². The fourth-order valence-electron chi connectivity index (χ4n) is 3.10. The highest BCUT2D eigenvalue weighted by Gasteiger charge is 2.49. The molecule has 74 valence electrons. The first-order valence-corrected chi connectivity index (χ1v) is 5.49. The van der Waals surface area contributed by atoms with Crippen molar-refractivity contribution in [1.82, 2.24) is 4.90 Å². The lowest BCUT2D eigenvalue weighted by atomic mass is 9.90. The Hall–Kier alpha value is -0.120. The summed E-state index contributed by atoms with van der Waals surface area (Å²) in [5.41, 5.74) is 5.81. The van der Waals surface area contributed by atoms with Crippen molar-refractivity contribution in [3.05, 3.63) is 0 Å². The maximum absolute atomic E-state index is 5.81. The Kier molecular flexibility index (Phi) is 1.86. The van der Waals surface area contributed by atoms with Gasteiger partial charge in [0.05, 0.1) is 12.7 Å². The van der Waals surface area contributed by atoms with E-state index in [1.807, 2.05) is 0 Å². The van der Waals surface area contributed by atoms with Gasteiger partial charge in [0, 0.05) is 24.7 Å². The molecule has 0 aromatic heterocycles. The van der Waals surface area contributed by atoms with E-state index in [1.165, 1.54) is 25.7 Å². The molecule has 2 aliphatic heterocycles. The maximum atomic E-state index is 5.81. The van der Waals surface area contributed by atoms with E-state index in [2.05, 4.69) is 4.90 Å². The van der Waals surface area contributed by atoms with Crippen molar-refractivity contribution in [2.45, 2.75) is 49.9 Å². The number of nitrogens with two attached hydrogens (primary N) is 1. The maximum Gasteiger partial charge on any atom is 0.0759 e. The van der Waals surface area contributed by atoms with E-state index in [0.29, 0.717) is 18.2 Å². The number of nitrogens with zero attached hydrogens (tertiary/aromatic N) is 1. The molecule has 3 aliphatic rings. The minimum atomic E-state index is 0.454. The lowest BCUT2D eigenvalue weighted by Crippen LogP contribution is -2.55. The summed E-state index contributed by atoms with van der Waals surface area (Å²) in [4.78, 5) is 2.66. The Morgan fingerprint density at radius 3 is 2.77 bits per heavy atom. The minimum absolute atomic E-state index is 0.454. The van der Waals surface area contributed by atoms with Gasteiger partial charge in [0.15, 0.2) is 0 Å². The molecule has 3 unspecified atom stereocenters. The van der Waals surface area contributed by atoms with Crippen LogP contribution < -0.4 is 5.73 Å². The van der Waals surface area contributed by atoms with Crippen molar-refractivity contribution >= 4 is 0 Å². The highest BCUT2D eigenvalue weighted by atomic mass is 16.5. The molecule has 3 nitrogen and oxygen atoms in total. The standard InChI is InChI=1S/C10H18N2O/c11-5-9-10-4-8(6-13-10)12(9)7-2-1-3-7/h7-10H,1-6,11H2. The van der Waals surface area contributed by atoms with Crippen LogP contribution in [0.1, 0.15) is 25.7 Å². The average molecular weight is 182 g/mol. The molecule has 2 N–H and O–H groups in total. The molecule has 3 fully saturated rings. The molecular weight excluding hydrogens is 164 g/mol. The molecule has 3 atom stereocenters. The predicted octanol–water partition coefficient (Wildman–Crippen LogP) is 0.339. The van der Waals surface area contributed by atoms with Crippen molar-refractivity contribution in [3.8, 4) is 0 Å². The van der Waals surface area contributed by atoms with Gasteiger partial charge in [-0.1, -0.05) is 6.42 Å². The van der Waals surface area contributed by atoms with Crippen molar-refractivity contribution in [3.63, 3.8) is 0 Å². The van der Waals surface area contributed by atoms with Crippen molar-refractivity contribution < 1.29 is 4.74 Å². The van der Waals surface area contributed by atoms with Crippen LogP contribution in [0.25, 0.3) is 0 Å². The first kappa shape index (κ1) is 8.21. The van der Waals surface area contributed by atoms with E-state index in [0.717, 1.165) is 19.2 Å². The normalized spacial score (nSPS) is 45.5. The molecule has 0 radical (unpaired) electrons. The topological polar surface area (TPSA) is 38.5 Å². The number of rotatable bonds is 2. The number of ether oxygens (including phenoxy) is 1. The summed E-state index contributed by atoms with van der Waals surface area (Å²) in [5.74, 6) is 0. The van der Waals surface area contributed by atoms with Crippen LogP contribution in [0.2, 0.25) is 0 Å². The molecule has 1 saturated carbocycles. The zero-order valence-corrected chi connectivity index (χ0v) is 7.98. The molecule has 2 saturated heterocycles. The first-order valence-electron chi connectivity index (χ1n) is 5.49. The number of likely N-dealkylation sites (tertiary alicyclic amines) is 1. The first-order chi connectivity index (χ1) is 6.40. The quantitative estimate of drug-likeness (QED) is 0.669.